The van der Waals surface area contributed by atoms with Crippen LogP contribution < -0.4 is 4.72 Å². The van der Waals surface area contributed by atoms with Gasteiger partial charge in [-0.3, -0.25) is 4.79 Å². The number of hydrogen-bond donors (Lipinski definition) is 2. The smallest absolute Gasteiger partial charge is 0.323 e. The van der Waals surface area contributed by atoms with Gasteiger partial charge in [-0.2, -0.15) is 4.72 Å². The Hall–Kier alpha value is -1.88. The first-order chi connectivity index (χ1) is 9.92. The summed E-state index contributed by atoms with van der Waals surface area (Å²) in [6.45, 7) is 2.83. The van der Waals surface area contributed by atoms with E-state index in [4.69, 9.17) is 9.84 Å². The molecular formula is C14H17NO5S. The number of aliphatic hydroxyl groups excluding tert-OH is 1. The topological polar surface area (TPSA) is 92.7 Å². The van der Waals surface area contributed by atoms with Crippen molar-refractivity contribution >= 4 is 16.0 Å². The molecule has 0 saturated carbocycles. The Bertz CT molecular complexity index is 657. The number of carbonyl (C=O) groups excluding carboxylic acids is 1. The molecule has 1 unspecified atom stereocenters. The van der Waals surface area contributed by atoms with E-state index < -0.39 is 22.0 Å². The van der Waals surface area contributed by atoms with Crippen molar-refractivity contribution in [1.82, 2.24) is 4.72 Å². The van der Waals surface area contributed by atoms with E-state index in [-0.39, 0.29) is 23.7 Å². The number of hydrogen-bond acceptors (Lipinski definition) is 5. The second-order valence-corrected chi connectivity index (χ2v) is 5.73. The minimum absolute atomic E-state index is 0.0536. The summed E-state index contributed by atoms with van der Waals surface area (Å²) in [4.78, 5) is 11.4. The molecule has 0 bridgehead atoms. The highest BCUT2D eigenvalue weighted by Crippen LogP contribution is 2.14. The number of sulfonamides is 1. The van der Waals surface area contributed by atoms with Gasteiger partial charge in [0.1, 0.15) is 12.6 Å². The lowest BCUT2D eigenvalue weighted by atomic mass is 10.2. The molecule has 0 saturated heterocycles. The second kappa shape index (κ2) is 7.78. The highest BCUT2D eigenvalue weighted by Gasteiger charge is 2.24. The van der Waals surface area contributed by atoms with E-state index in [1.54, 1.807) is 19.1 Å². The quantitative estimate of drug-likeness (QED) is 0.601. The van der Waals surface area contributed by atoms with Crippen molar-refractivity contribution in [3.8, 4) is 11.8 Å². The molecule has 0 spiro atoms. The maximum absolute atomic E-state index is 12.3. The lowest BCUT2D eigenvalue weighted by Crippen LogP contribution is -2.39. The van der Waals surface area contributed by atoms with Gasteiger partial charge in [0.15, 0.2) is 0 Å². The Kier molecular flexibility index (Phi) is 6.37. The van der Waals surface area contributed by atoms with Crippen LogP contribution in [0.2, 0.25) is 0 Å². The van der Waals surface area contributed by atoms with Crippen LogP contribution in [-0.4, -0.2) is 38.7 Å². The summed E-state index contributed by atoms with van der Waals surface area (Å²) in [5.74, 6) is 4.30. The van der Waals surface area contributed by atoms with E-state index >= 15 is 0 Å². The highest BCUT2D eigenvalue weighted by molar-refractivity contribution is 7.89. The zero-order valence-electron chi connectivity index (χ0n) is 11.8. The number of nitrogens with one attached hydrogen (secondary N) is 1. The van der Waals surface area contributed by atoms with Gasteiger partial charge in [-0.05, 0) is 26.0 Å². The first-order valence-electron chi connectivity index (χ1n) is 6.30. The van der Waals surface area contributed by atoms with Gasteiger partial charge in [-0.15, -0.1) is 0 Å². The fourth-order valence-corrected chi connectivity index (χ4v) is 2.91. The molecule has 0 aliphatic carbocycles. The molecule has 1 rings (SSSR count). The van der Waals surface area contributed by atoms with Gasteiger partial charge in [0, 0.05) is 5.56 Å². The monoisotopic (exact) mass is 311 g/mol. The summed E-state index contributed by atoms with van der Waals surface area (Å²) in [5, 5.41) is 8.70. The summed E-state index contributed by atoms with van der Waals surface area (Å²) in [7, 11) is -3.92. The Morgan fingerprint density at radius 1 is 1.43 bits per heavy atom. The molecule has 114 valence electrons. The van der Waals surface area contributed by atoms with E-state index in [0.29, 0.717) is 0 Å². The molecule has 1 aromatic carbocycles. The first-order valence-corrected chi connectivity index (χ1v) is 7.78. The number of aliphatic hydroxyl groups is 1. The summed E-state index contributed by atoms with van der Waals surface area (Å²) in [6.07, 6.45) is 0. The van der Waals surface area contributed by atoms with Crippen molar-refractivity contribution in [2.45, 2.75) is 24.8 Å². The lowest BCUT2D eigenvalue weighted by molar-refractivity contribution is -0.144. The molecule has 6 nitrogen and oxygen atoms in total. The molecular weight excluding hydrogens is 294 g/mol. The van der Waals surface area contributed by atoms with E-state index in [9.17, 15) is 13.2 Å². The van der Waals surface area contributed by atoms with Gasteiger partial charge in [0.05, 0.1) is 11.5 Å². The summed E-state index contributed by atoms with van der Waals surface area (Å²) in [5.41, 5.74) is 0.245. The van der Waals surface area contributed by atoms with Crippen molar-refractivity contribution < 1.29 is 23.1 Å². The molecule has 2 N–H and O–H groups in total. The zero-order valence-corrected chi connectivity index (χ0v) is 12.6. The molecule has 0 radical (unpaired) electrons. The van der Waals surface area contributed by atoms with Gasteiger partial charge in [-0.25, -0.2) is 8.42 Å². The minimum atomic E-state index is -3.92. The third kappa shape index (κ3) is 4.86. The van der Waals surface area contributed by atoms with Gasteiger partial charge < -0.3 is 9.84 Å². The fraction of sp³-hybridized carbons (Fsp3) is 0.357. The van der Waals surface area contributed by atoms with E-state index in [0.717, 1.165) is 0 Å². The number of rotatable bonds is 5. The molecule has 1 aromatic rings. The van der Waals surface area contributed by atoms with E-state index in [2.05, 4.69) is 16.6 Å². The van der Waals surface area contributed by atoms with Gasteiger partial charge in [0.25, 0.3) is 0 Å². The van der Waals surface area contributed by atoms with Crippen molar-refractivity contribution in [2.75, 3.05) is 13.2 Å². The van der Waals surface area contributed by atoms with Crippen LogP contribution in [0.5, 0.6) is 0 Å². The van der Waals surface area contributed by atoms with Crippen LogP contribution >= 0.6 is 0 Å². The third-order valence-electron chi connectivity index (χ3n) is 2.45. The largest absolute Gasteiger partial charge is 0.465 e. The summed E-state index contributed by atoms with van der Waals surface area (Å²) in [6, 6.07) is 5.07. The normalized spacial score (nSPS) is 12.1. The number of carbonyl (C=O) groups is 1. The van der Waals surface area contributed by atoms with Crippen LogP contribution in [0.4, 0.5) is 0 Å². The highest BCUT2D eigenvalue weighted by atomic mass is 32.2. The lowest BCUT2D eigenvalue weighted by Gasteiger charge is -2.13. The SMILES string of the molecule is CCOC(=O)C(C)NS(=O)(=O)c1ccccc1C#CCO. The van der Waals surface area contributed by atoms with Crippen molar-refractivity contribution in [2.24, 2.45) is 0 Å². The minimum Gasteiger partial charge on any atom is -0.465 e. The molecule has 0 heterocycles. The standard InChI is InChI=1S/C14H17NO5S/c1-3-20-14(17)11(2)15-21(18,19)13-9-5-4-7-12(13)8-6-10-16/h4-5,7,9,11,15-16H,3,10H2,1-2H3. The zero-order chi connectivity index (χ0) is 15.9. The maximum atomic E-state index is 12.3. The van der Waals surface area contributed by atoms with Crippen LogP contribution in [-0.2, 0) is 19.6 Å². The van der Waals surface area contributed by atoms with Crippen LogP contribution in [0.1, 0.15) is 19.4 Å². The number of esters is 1. The molecule has 1 atom stereocenters. The Morgan fingerprint density at radius 2 is 2.10 bits per heavy atom. The van der Waals surface area contributed by atoms with E-state index in [1.807, 2.05) is 0 Å². The molecule has 0 fully saturated rings. The first kappa shape index (κ1) is 17.2. The third-order valence-corrected chi connectivity index (χ3v) is 4.05. The van der Waals surface area contributed by atoms with Gasteiger partial charge >= 0.3 is 5.97 Å². The van der Waals surface area contributed by atoms with E-state index in [1.165, 1.54) is 19.1 Å². The van der Waals surface area contributed by atoms with Crippen molar-refractivity contribution in [1.29, 1.82) is 0 Å². The van der Waals surface area contributed by atoms with Crippen molar-refractivity contribution in [3.63, 3.8) is 0 Å². The maximum Gasteiger partial charge on any atom is 0.323 e. The van der Waals surface area contributed by atoms with Crippen molar-refractivity contribution in [3.05, 3.63) is 29.8 Å². The second-order valence-electron chi connectivity index (χ2n) is 4.05. The Labute approximate surface area is 124 Å². The molecule has 0 aliphatic heterocycles. The molecule has 0 amide bonds. The molecule has 7 heteroatoms. The Morgan fingerprint density at radius 3 is 2.71 bits per heavy atom. The van der Waals surface area contributed by atoms with Crippen LogP contribution in [0.15, 0.2) is 29.2 Å². The van der Waals surface area contributed by atoms with Crippen LogP contribution in [0, 0.1) is 11.8 Å². The van der Waals surface area contributed by atoms with Crippen LogP contribution in [0.25, 0.3) is 0 Å². The molecule has 0 aliphatic rings. The average molecular weight is 311 g/mol. The Balaban J connectivity index is 3.06. The molecule has 0 aromatic heterocycles. The fourth-order valence-electron chi connectivity index (χ4n) is 1.55. The predicted octanol–water partition coefficient (Wildman–Crippen LogP) is 0.260. The predicted molar refractivity (Wildman–Crippen MR) is 76.8 cm³/mol. The van der Waals surface area contributed by atoms with Gasteiger partial charge in [0.2, 0.25) is 10.0 Å². The number of ether oxygens (including phenoxy) is 1. The van der Waals surface area contributed by atoms with Crippen LogP contribution in [0.3, 0.4) is 0 Å². The van der Waals surface area contributed by atoms with Gasteiger partial charge in [-0.1, -0.05) is 24.0 Å². The summed E-state index contributed by atoms with van der Waals surface area (Å²) >= 11 is 0. The summed E-state index contributed by atoms with van der Waals surface area (Å²) < 4.78 is 31.6. The number of benzene rings is 1. The molecule has 21 heavy (non-hydrogen) atoms. The average Bonchev–Trinajstić information content (AvgIpc) is 2.45.